The fourth-order valence-corrected chi connectivity index (χ4v) is 1.59. The Bertz CT molecular complexity index is 449. The molecule has 1 aromatic carbocycles. The lowest BCUT2D eigenvalue weighted by atomic mass is 10.0. The zero-order valence-corrected chi connectivity index (χ0v) is 10.8. The lowest BCUT2D eigenvalue weighted by Gasteiger charge is -2.21. The van der Waals surface area contributed by atoms with Crippen molar-refractivity contribution in [2.45, 2.75) is 33.2 Å². The molecule has 0 heterocycles. The van der Waals surface area contributed by atoms with Gasteiger partial charge in [0, 0.05) is 12.1 Å². The monoisotopic (exact) mass is 256 g/mol. The summed E-state index contributed by atoms with van der Waals surface area (Å²) in [5, 5.41) is 2.93. The van der Waals surface area contributed by atoms with Crippen LogP contribution in [0.1, 0.15) is 37.6 Å². The minimum Gasteiger partial charge on any atom is -0.380 e. The highest BCUT2D eigenvalue weighted by molar-refractivity contribution is 5.94. The zero-order chi connectivity index (χ0) is 13.9. The summed E-state index contributed by atoms with van der Waals surface area (Å²) >= 11 is 0. The van der Waals surface area contributed by atoms with Crippen molar-refractivity contribution in [2.24, 2.45) is 11.7 Å². The van der Waals surface area contributed by atoms with E-state index in [1.807, 2.05) is 20.8 Å². The largest absolute Gasteiger partial charge is 0.380 e. The van der Waals surface area contributed by atoms with Crippen molar-refractivity contribution in [1.29, 1.82) is 0 Å². The smallest absolute Gasteiger partial charge is 0.251 e. The molecule has 0 aromatic heterocycles. The fraction of sp³-hybridized carbons (Fsp3) is 0.462. The van der Waals surface area contributed by atoms with Crippen molar-refractivity contribution in [3.05, 3.63) is 29.3 Å². The molecule has 0 aliphatic rings. The van der Waals surface area contributed by atoms with Crippen LogP contribution in [0.15, 0.2) is 12.1 Å². The molecule has 0 fully saturated rings. The molecule has 1 rings (SSSR count). The van der Waals surface area contributed by atoms with Crippen molar-refractivity contribution in [1.82, 2.24) is 0 Å². The second-order valence-electron chi connectivity index (χ2n) is 4.49. The van der Waals surface area contributed by atoms with E-state index < -0.39 is 17.5 Å². The van der Waals surface area contributed by atoms with Gasteiger partial charge in [-0.25, -0.2) is 8.78 Å². The van der Waals surface area contributed by atoms with Gasteiger partial charge >= 0.3 is 0 Å². The third-order valence-electron chi connectivity index (χ3n) is 3.20. The summed E-state index contributed by atoms with van der Waals surface area (Å²) in [6.45, 7) is 5.95. The molecule has 0 aliphatic carbocycles. The van der Waals surface area contributed by atoms with Gasteiger partial charge in [0.05, 0.1) is 11.3 Å². The Hall–Kier alpha value is -1.65. The first kappa shape index (κ1) is 14.4. The van der Waals surface area contributed by atoms with Crippen LogP contribution >= 0.6 is 0 Å². The van der Waals surface area contributed by atoms with Gasteiger partial charge in [0.1, 0.15) is 11.6 Å². The van der Waals surface area contributed by atoms with Gasteiger partial charge < -0.3 is 11.1 Å². The number of rotatable bonds is 5. The number of halogens is 2. The van der Waals surface area contributed by atoms with Gasteiger partial charge in [-0.15, -0.1) is 0 Å². The molecule has 0 aliphatic heterocycles. The van der Waals surface area contributed by atoms with E-state index in [0.717, 1.165) is 12.5 Å². The van der Waals surface area contributed by atoms with Gasteiger partial charge in [0.25, 0.3) is 5.91 Å². The van der Waals surface area contributed by atoms with Gasteiger partial charge in [-0.2, -0.15) is 0 Å². The van der Waals surface area contributed by atoms with Crippen LogP contribution in [0.2, 0.25) is 0 Å². The third-order valence-corrected chi connectivity index (χ3v) is 3.20. The van der Waals surface area contributed by atoms with E-state index in [1.54, 1.807) is 0 Å². The van der Waals surface area contributed by atoms with Crippen LogP contribution < -0.4 is 11.1 Å². The summed E-state index contributed by atoms with van der Waals surface area (Å²) in [4.78, 5) is 11.0. The van der Waals surface area contributed by atoms with Crippen LogP contribution in [0.25, 0.3) is 0 Å². The lowest BCUT2D eigenvalue weighted by molar-refractivity contribution is 0.0996. The van der Waals surface area contributed by atoms with Crippen molar-refractivity contribution in [3.63, 3.8) is 0 Å². The molecule has 0 saturated heterocycles. The van der Waals surface area contributed by atoms with Crippen LogP contribution in [-0.2, 0) is 0 Å². The predicted octanol–water partition coefficient (Wildman–Crippen LogP) is 2.91. The number of hydrogen-bond acceptors (Lipinski definition) is 2. The minimum atomic E-state index is -0.943. The molecule has 0 saturated carbocycles. The first-order chi connectivity index (χ1) is 8.36. The summed E-state index contributed by atoms with van der Waals surface area (Å²) < 4.78 is 26.8. The number of anilines is 1. The average molecular weight is 256 g/mol. The molecule has 100 valence electrons. The van der Waals surface area contributed by atoms with Crippen LogP contribution in [-0.4, -0.2) is 11.9 Å². The van der Waals surface area contributed by atoms with Crippen LogP contribution in [0.5, 0.6) is 0 Å². The van der Waals surface area contributed by atoms with Crippen LogP contribution in [0, 0.1) is 17.6 Å². The third kappa shape index (κ3) is 3.18. The van der Waals surface area contributed by atoms with Gasteiger partial charge in [-0.1, -0.05) is 20.3 Å². The van der Waals surface area contributed by atoms with E-state index in [-0.39, 0.29) is 17.3 Å². The molecular formula is C13H18F2N2O. The zero-order valence-electron chi connectivity index (χ0n) is 10.8. The highest BCUT2D eigenvalue weighted by Crippen LogP contribution is 2.22. The van der Waals surface area contributed by atoms with Gasteiger partial charge in [0.2, 0.25) is 0 Å². The summed E-state index contributed by atoms with van der Waals surface area (Å²) in [6, 6.07) is 1.80. The quantitative estimate of drug-likeness (QED) is 0.851. The summed E-state index contributed by atoms with van der Waals surface area (Å²) in [6.07, 6.45) is 0.930. The number of amides is 1. The molecule has 0 spiro atoms. The Morgan fingerprint density at radius 2 is 1.94 bits per heavy atom. The van der Waals surface area contributed by atoms with Crippen LogP contribution in [0.4, 0.5) is 14.5 Å². The van der Waals surface area contributed by atoms with Crippen molar-refractivity contribution < 1.29 is 13.6 Å². The Balaban J connectivity index is 3.02. The van der Waals surface area contributed by atoms with E-state index >= 15 is 0 Å². The fourth-order valence-electron chi connectivity index (χ4n) is 1.59. The maximum absolute atomic E-state index is 13.6. The first-order valence-corrected chi connectivity index (χ1v) is 5.92. The molecule has 1 aromatic rings. The Morgan fingerprint density at radius 1 is 1.33 bits per heavy atom. The SMILES string of the molecule is CCC(C)C(C)Nc1cc(C(N)=O)c(F)cc1F. The number of benzene rings is 1. The summed E-state index contributed by atoms with van der Waals surface area (Å²) in [5.74, 6) is -2.26. The summed E-state index contributed by atoms with van der Waals surface area (Å²) in [5.41, 5.74) is 4.81. The molecule has 0 bridgehead atoms. The number of hydrogen-bond donors (Lipinski definition) is 2. The molecule has 18 heavy (non-hydrogen) atoms. The van der Waals surface area contributed by atoms with E-state index in [4.69, 9.17) is 5.73 Å². The number of carbonyl (C=O) groups is 1. The van der Waals surface area contributed by atoms with Crippen molar-refractivity contribution in [3.8, 4) is 0 Å². The van der Waals surface area contributed by atoms with E-state index in [9.17, 15) is 13.6 Å². The molecular weight excluding hydrogens is 238 g/mol. The molecule has 0 radical (unpaired) electrons. The van der Waals surface area contributed by atoms with Crippen molar-refractivity contribution in [2.75, 3.05) is 5.32 Å². The molecule has 2 unspecified atom stereocenters. The van der Waals surface area contributed by atoms with E-state index in [2.05, 4.69) is 5.32 Å². The lowest BCUT2D eigenvalue weighted by Crippen LogP contribution is -2.24. The number of carbonyl (C=O) groups excluding carboxylic acids is 1. The molecule has 3 nitrogen and oxygen atoms in total. The van der Waals surface area contributed by atoms with Crippen molar-refractivity contribution >= 4 is 11.6 Å². The van der Waals surface area contributed by atoms with E-state index in [1.165, 1.54) is 0 Å². The maximum atomic E-state index is 13.6. The second-order valence-corrected chi connectivity index (χ2v) is 4.49. The minimum absolute atomic E-state index is 0.00990. The predicted molar refractivity (Wildman–Crippen MR) is 67.4 cm³/mol. The van der Waals surface area contributed by atoms with Crippen LogP contribution in [0.3, 0.4) is 0 Å². The summed E-state index contributed by atoms with van der Waals surface area (Å²) in [7, 11) is 0. The normalized spacial score (nSPS) is 14.1. The Labute approximate surface area is 105 Å². The van der Waals surface area contributed by atoms with Gasteiger partial charge in [-0.3, -0.25) is 4.79 Å². The maximum Gasteiger partial charge on any atom is 0.251 e. The second kappa shape index (κ2) is 5.80. The highest BCUT2D eigenvalue weighted by Gasteiger charge is 2.16. The number of primary amides is 1. The molecule has 3 N–H and O–H groups in total. The molecule has 5 heteroatoms. The average Bonchev–Trinajstić information content (AvgIpc) is 2.30. The first-order valence-electron chi connectivity index (χ1n) is 5.92. The van der Waals surface area contributed by atoms with E-state index in [0.29, 0.717) is 12.0 Å². The Kier molecular flexibility index (Phi) is 4.64. The standard InChI is InChI=1S/C13H18F2N2O/c1-4-7(2)8(3)17-12-5-9(13(16)18)10(14)6-11(12)15/h5-8,17H,4H2,1-3H3,(H2,16,18). The Morgan fingerprint density at radius 3 is 2.44 bits per heavy atom. The van der Waals surface area contributed by atoms with Gasteiger partial charge in [-0.05, 0) is 18.9 Å². The molecule has 2 atom stereocenters. The number of nitrogens with one attached hydrogen (secondary N) is 1. The topological polar surface area (TPSA) is 55.1 Å². The molecule has 1 amide bonds. The highest BCUT2D eigenvalue weighted by atomic mass is 19.1. The van der Waals surface area contributed by atoms with Gasteiger partial charge in [0.15, 0.2) is 0 Å². The number of nitrogens with two attached hydrogens (primary N) is 1.